The minimum Gasteiger partial charge on any atom is -0.492 e. The topological polar surface area (TPSA) is 41.6 Å². The van der Waals surface area contributed by atoms with Crippen molar-refractivity contribution in [2.75, 3.05) is 19.7 Å². The van der Waals surface area contributed by atoms with Gasteiger partial charge in [0.2, 0.25) is 5.91 Å². The number of carbonyl (C=O) groups excluding carboxylic acids is 1. The molecular weight excluding hydrogens is 372 g/mol. The van der Waals surface area contributed by atoms with Crippen LogP contribution >= 0.6 is 11.6 Å². The van der Waals surface area contributed by atoms with Gasteiger partial charge in [0.15, 0.2) is 0 Å². The third kappa shape index (κ3) is 4.86. The fraction of sp³-hybridized carbons (Fsp3) is 0.435. The predicted octanol–water partition coefficient (Wildman–Crippen LogP) is 4.19. The van der Waals surface area contributed by atoms with Gasteiger partial charge < -0.3 is 10.1 Å². The number of hydrogen-bond donors (Lipinski definition) is 1. The van der Waals surface area contributed by atoms with Gasteiger partial charge in [0.05, 0.1) is 5.92 Å². The van der Waals surface area contributed by atoms with Crippen molar-refractivity contribution in [3.05, 3.63) is 64.2 Å². The summed E-state index contributed by atoms with van der Waals surface area (Å²) in [4.78, 5) is 15.1. The molecule has 2 aliphatic heterocycles. The second-order valence-electron chi connectivity index (χ2n) is 7.84. The van der Waals surface area contributed by atoms with Gasteiger partial charge in [-0.15, -0.1) is 0 Å². The summed E-state index contributed by atoms with van der Waals surface area (Å²) >= 11 is 6.06. The Kier molecular flexibility index (Phi) is 6.18. The Labute approximate surface area is 171 Å². The van der Waals surface area contributed by atoms with Crippen LogP contribution in [0.3, 0.4) is 0 Å². The van der Waals surface area contributed by atoms with E-state index in [9.17, 15) is 4.79 Å². The number of rotatable bonds is 5. The number of nitrogens with zero attached hydrogens (tertiary/aromatic N) is 1. The normalized spacial score (nSPS) is 19.5. The van der Waals surface area contributed by atoms with E-state index in [0.29, 0.717) is 24.6 Å². The van der Waals surface area contributed by atoms with E-state index >= 15 is 0 Å². The number of hydrogen-bond acceptors (Lipinski definition) is 3. The van der Waals surface area contributed by atoms with Gasteiger partial charge in [-0.1, -0.05) is 42.3 Å². The molecule has 0 bridgehead atoms. The molecule has 28 heavy (non-hydrogen) atoms. The fourth-order valence-electron chi connectivity index (χ4n) is 4.00. The molecule has 2 heterocycles. The van der Waals surface area contributed by atoms with Gasteiger partial charge in [-0.3, -0.25) is 9.69 Å². The molecule has 0 aromatic heterocycles. The summed E-state index contributed by atoms with van der Waals surface area (Å²) in [6.45, 7) is 4.39. The van der Waals surface area contributed by atoms with Crippen molar-refractivity contribution >= 4 is 17.5 Å². The van der Waals surface area contributed by atoms with Gasteiger partial charge in [-0.2, -0.15) is 0 Å². The van der Waals surface area contributed by atoms with Gasteiger partial charge in [0.1, 0.15) is 12.4 Å². The first kappa shape index (κ1) is 19.3. The summed E-state index contributed by atoms with van der Waals surface area (Å²) in [6.07, 6.45) is 4.65. The van der Waals surface area contributed by atoms with Crippen LogP contribution in [0.5, 0.6) is 5.75 Å². The average molecular weight is 399 g/mol. The zero-order chi connectivity index (χ0) is 19.3. The highest BCUT2D eigenvalue weighted by Gasteiger charge is 2.26. The van der Waals surface area contributed by atoms with E-state index in [1.807, 2.05) is 18.2 Å². The highest BCUT2D eigenvalue weighted by molar-refractivity contribution is 6.30. The zero-order valence-electron chi connectivity index (χ0n) is 16.1. The summed E-state index contributed by atoms with van der Waals surface area (Å²) < 4.78 is 5.73. The van der Waals surface area contributed by atoms with Crippen molar-refractivity contribution in [2.45, 2.75) is 38.8 Å². The molecule has 0 saturated carbocycles. The number of fused-ring (bicyclic) bond motifs is 1. The molecule has 2 aromatic rings. The van der Waals surface area contributed by atoms with Crippen LogP contribution in [0.15, 0.2) is 42.5 Å². The van der Waals surface area contributed by atoms with Gasteiger partial charge in [0.25, 0.3) is 0 Å². The first-order valence-electron chi connectivity index (χ1n) is 10.2. The first-order valence-corrected chi connectivity index (χ1v) is 10.5. The Balaban J connectivity index is 1.27. The minimum atomic E-state index is -0.177. The lowest BCUT2D eigenvalue weighted by Crippen LogP contribution is -2.37. The van der Waals surface area contributed by atoms with Crippen LogP contribution in [0, 0.1) is 5.92 Å². The number of ether oxygens (including phenoxy) is 1. The van der Waals surface area contributed by atoms with Crippen LogP contribution in [-0.2, 0) is 24.3 Å². The second kappa shape index (κ2) is 8.97. The Hall–Kier alpha value is -2.04. The van der Waals surface area contributed by atoms with E-state index in [1.165, 1.54) is 37.9 Å². The third-order valence-electron chi connectivity index (χ3n) is 5.64. The number of piperidine rings is 1. The number of likely N-dealkylation sites (tertiary alicyclic amines) is 1. The van der Waals surface area contributed by atoms with Gasteiger partial charge in [-0.25, -0.2) is 0 Å². The molecule has 148 valence electrons. The molecule has 1 atom stereocenters. The minimum absolute atomic E-state index is 0.0306. The van der Waals surface area contributed by atoms with Crippen molar-refractivity contribution in [1.82, 2.24) is 10.2 Å². The summed E-state index contributed by atoms with van der Waals surface area (Å²) in [5.41, 5.74) is 3.46. The summed E-state index contributed by atoms with van der Waals surface area (Å²) in [5.74, 6) is 0.685. The van der Waals surface area contributed by atoms with E-state index in [4.69, 9.17) is 16.3 Å². The van der Waals surface area contributed by atoms with E-state index in [1.54, 1.807) is 0 Å². The van der Waals surface area contributed by atoms with Crippen LogP contribution in [-0.4, -0.2) is 30.5 Å². The van der Waals surface area contributed by atoms with Gasteiger partial charge in [0, 0.05) is 18.1 Å². The lowest BCUT2D eigenvalue weighted by molar-refractivity contribution is -0.126. The number of benzene rings is 2. The maximum absolute atomic E-state index is 12.6. The van der Waals surface area contributed by atoms with Crippen LogP contribution in [0.4, 0.5) is 0 Å². The molecule has 2 aromatic carbocycles. The number of carbonyl (C=O) groups is 1. The van der Waals surface area contributed by atoms with E-state index in [0.717, 1.165) is 23.4 Å². The molecule has 5 heteroatoms. The number of amides is 1. The van der Waals surface area contributed by atoms with Crippen molar-refractivity contribution < 1.29 is 9.53 Å². The van der Waals surface area contributed by atoms with Gasteiger partial charge in [-0.05, 0) is 67.2 Å². The maximum atomic E-state index is 12.6. The molecule has 1 N–H and O–H groups in total. The molecule has 0 aliphatic carbocycles. The lowest BCUT2D eigenvalue weighted by Gasteiger charge is -2.26. The van der Waals surface area contributed by atoms with Crippen LogP contribution in [0.25, 0.3) is 0 Å². The second-order valence-corrected chi connectivity index (χ2v) is 8.27. The van der Waals surface area contributed by atoms with Crippen molar-refractivity contribution in [1.29, 1.82) is 0 Å². The third-order valence-corrected chi connectivity index (χ3v) is 5.88. The number of nitrogens with one attached hydrogen (secondary N) is 1. The molecule has 0 spiro atoms. The molecule has 0 radical (unpaired) electrons. The molecule has 0 unspecified atom stereocenters. The highest BCUT2D eigenvalue weighted by Crippen LogP contribution is 2.29. The summed E-state index contributed by atoms with van der Waals surface area (Å²) in [5, 5.41) is 3.73. The summed E-state index contributed by atoms with van der Waals surface area (Å²) in [6, 6.07) is 14.2. The molecule has 1 saturated heterocycles. The smallest absolute Gasteiger partial charge is 0.227 e. The van der Waals surface area contributed by atoms with E-state index in [-0.39, 0.29) is 11.8 Å². The fourth-order valence-corrected chi connectivity index (χ4v) is 4.20. The van der Waals surface area contributed by atoms with Crippen molar-refractivity contribution in [2.24, 2.45) is 5.92 Å². The Bertz CT molecular complexity index is 816. The van der Waals surface area contributed by atoms with Crippen molar-refractivity contribution in [3.8, 4) is 5.75 Å². The Morgan fingerprint density at radius 1 is 1.07 bits per heavy atom. The molecule has 1 fully saturated rings. The molecular formula is C23H27ClN2O2. The van der Waals surface area contributed by atoms with E-state index < -0.39 is 0 Å². The Morgan fingerprint density at radius 2 is 1.82 bits per heavy atom. The van der Waals surface area contributed by atoms with E-state index in [2.05, 4.69) is 34.5 Å². The lowest BCUT2D eigenvalue weighted by atomic mass is 9.96. The zero-order valence-corrected chi connectivity index (χ0v) is 16.9. The first-order chi connectivity index (χ1) is 13.7. The average Bonchev–Trinajstić information content (AvgIpc) is 2.73. The monoisotopic (exact) mass is 398 g/mol. The summed E-state index contributed by atoms with van der Waals surface area (Å²) in [7, 11) is 0. The quantitative estimate of drug-likeness (QED) is 0.820. The maximum Gasteiger partial charge on any atom is 0.227 e. The SMILES string of the molecule is O=C(NCc1ccc(CN2CCCCC2)cc1)[C@H]1COc2ccc(Cl)cc2C1. The largest absolute Gasteiger partial charge is 0.492 e. The van der Waals surface area contributed by atoms with Crippen LogP contribution in [0.2, 0.25) is 5.02 Å². The number of halogens is 1. The van der Waals surface area contributed by atoms with Crippen LogP contribution < -0.4 is 10.1 Å². The predicted molar refractivity (Wildman–Crippen MR) is 112 cm³/mol. The standard InChI is InChI=1S/C23H27ClN2O2/c24-21-8-9-22-19(13-21)12-20(16-28-22)23(27)25-14-17-4-6-18(7-5-17)15-26-10-2-1-3-11-26/h4-9,13,20H,1-3,10-12,14-16H2,(H,25,27)/t20-/m1/s1. The van der Waals surface area contributed by atoms with Crippen LogP contribution in [0.1, 0.15) is 36.0 Å². The van der Waals surface area contributed by atoms with Crippen molar-refractivity contribution in [3.63, 3.8) is 0 Å². The highest BCUT2D eigenvalue weighted by atomic mass is 35.5. The van der Waals surface area contributed by atoms with Gasteiger partial charge >= 0.3 is 0 Å². The molecule has 4 rings (SSSR count). The molecule has 1 amide bonds. The molecule has 2 aliphatic rings. The Morgan fingerprint density at radius 3 is 2.61 bits per heavy atom. The molecule has 4 nitrogen and oxygen atoms in total.